The molecule has 2 aromatic rings. The highest BCUT2D eigenvalue weighted by Gasteiger charge is 2.27. The molecule has 3 aliphatic rings. The van der Waals surface area contributed by atoms with E-state index in [9.17, 15) is 9.59 Å². The highest BCUT2D eigenvalue weighted by molar-refractivity contribution is 5.90. The lowest BCUT2D eigenvalue weighted by Gasteiger charge is -2.27. The Labute approximate surface area is 176 Å². The Morgan fingerprint density at radius 1 is 1.03 bits per heavy atom. The van der Waals surface area contributed by atoms with Gasteiger partial charge in [0.2, 0.25) is 5.91 Å². The molecule has 0 saturated heterocycles. The highest BCUT2D eigenvalue weighted by Crippen LogP contribution is 2.33. The Morgan fingerprint density at radius 2 is 1.83 bits per heavy atom. The second kappa shape index (κ2) is 7.94. The molecule has 1 fully saturated rings. The van der Waals surface area contributed by atoms with E-state index >= 15 is 0 Å². The predicted octanol–water partition coefficient (Wildman–Crippen LogP) is 4.05. The van der Waals surface area contributed by atoms with E-state index in [1.54, 1.807) is 11.1 Å². The minimum absolute atomic E-state index is 0.0966. The summed E-state index contributed by atoms with van der Waals surface area (Å²) in [7, 11) is 0. The smallest absolute Gasteiger partial charge is 0.322 e. The highest BCUT2D eigenvalue weighted by atomic mass is 16.2. The maximum atomic E-state index is 12.6. The molecule has 0 spiro atoms. The van der Waals surface area contributed by atoms with E-state index in [2.05, 4.69) is 16.4 Å². The summed E-state index contributed by atoms with van der Waals surface area (Å²) in [5, 5.41) is 2.99. The number of rotatable bonds is 4. The first-order chi connectivity index (χ1) is 14.7. The molecule has 5 rings (SSSR count). The number of nitrogens with zero attached hydrogens (tertiary/aromatic N) is 3. The van der Waals surface area contributed by atoms with Gasteiger partial charge in [0.1, 0.15) is 0 Å². The van der Waals surface area contributed by atoms with Gasteiger partial charge in [-0.3, -0.25) is 9.78 Å². The number of amides is 3. The number of hydrogen-bond donors (Lipinski definition) is 1. The second-order valence-corrected chi connectivity index (χ2v) is 8.47. The molecule has 3 heterocycles. The maximum absolute atomic E-state index is 12.6. The number of aromatic nitrogens is 1. The van der Waals surface area contributed by atoms with Crippen molar-refractivity contribution in [3.63, 3.8) is 0 Å². The third kappa shape index (κ3) is 4.08. The molecule has 2 aliphatic heterocycles. The van der Waals surface area contributed by atoms with Crippen LogP contribution in [0.5, 0.6) is 0 Å². The van der Waals surface area contributed by atoms with Gasteiger partial charge in [0.05, 0.1) is 0 Å². The van der Waals surface area contributed by atoms with Gasteiger partial charge in [-0.2, -0.15) is 0 Å². The van der Waals surface area contributed by atoms with E-state index in [1.165, 1.54) is 18.4 Å². The van der Waals surface area contributed by atoms with E-state index < -0.39 is 0 Å². The number of carbonyl (C=O) groups is 2. The summed E-state index contributed by atoms with van der Waals surface area (Å²) in [5.41, 5.74) is 5.48. The van der Waals surface area contributed by atoms with Crippen LogP contribution in [-0.2, 0) is 17.9 Å². The average Bonchev–Trinajstić information content (AvgIpc) is 3.48. The van der Waals surface area contributed by atoms with Crippen LogP contribution in [-0.4, -0.2) is 39.8 Å². The molecule has 1 aromatic heterocycles. The molecule has 0 unspecified atom stereocenters. The lowest BCUT2D eigenvalue weighted by molar-refractivity contribution is -0.131. The van der Waals surface area contributed by atoms with Crippen molar-refractivity contribution in [3.05, 3.63) is 65.5 Å². The van der Waals surface area contributed by atoms with Crippen molar-refractivity contribution in [3.8, 4) is 0 Å². The Balaban J connectivity index is 1.16. The first-order valence-electron chi connectivity index (χ1n) is 10.7. The quantitative estimate of drug-likeness (QED) is 0.839. The summed E-state index contributed by atoms with van der Waals surface area (Å²) in [5.74, 6) is 0.933. The summed E-state index contributed by atoms with van der Waals surface area (Å²) < 4.78 is 0. The molecule has 154 valence electrons. The molecule has 30 heavy (non-hydrogen) atoms. The zero-order valence-corrected chi connectivity index (χ0v) is 17.0. The molecule has 1 saturated carbocycles. The molecule has 6 nitrogen and oxygen atoms in total. The van der Waals surface area contributed by atoms with Crippen LogP contribution in [0, 0.1) is 5.92 Å². The average molecular weight is 402 g/mol. The van der Waals surface area contributed by atoms with Crippen molar-refractivity contribution in [2.75, 3.05) is 18.4 Å². The van der Waals surface area contributed by atoms with E-state index in [1.807, 2.05) is 41.4 Å². The normalized spacial score (nSPS) is 18.1. The summed E-state index contributed by atoms with van der Waals surface area (Å²) in [6.45, 7) is 2.70. The molecule has 0 bridgehead atoms. The van der Waals surface area contributed by atoms with Crippen molar-refractivity contribution in [1.29, 1.82) is 0 Å². The number of anilines is 1. The van der Waals surface area contributed by atoms with E-state index in [0.29, 0.717) is 31.5 Å². The largest absolute Gasteiger partial charge is 0.339 e. The van der Waals surface area contributed by atoms with Crippen LogP contribution < -0.4 is 5.32 Å². The number of hydrogen-bond acceptors (Lipinski definition) is 3. The lowest BCUT2D eigenvalue weighted by atomic mass is 9.99. The van der Waals surface area contributed by atoms with Gasteiger partial charge in [-0.15, -0.1) is 0 Å². The Bertz CT molecular complexity index is 970. The minimum Gasteiger partial charge on any atom is -0.339 e. The maximum Gasteiger partial charge on any atom is 0.322 e. The van der Waals surface area contributed by atoms with E-state index in [-0.39, 0.29) is 6.03 Å². The van der Waals surface area contributed by atoms with Crippen LogP contribution in [0.15, 0.2) is 48.8 Å². The van der Waals surface area contributed by atoms with Crippen molar-refractivity contribution in [1.82, 2.24) is 14.8 Å². The van der Waals surface area contributed by atoms with Gasteiger partial charge in [0.15, 0.2) is 0 Å². The van der Waals surface area contributed by atoms with Crippen LogP contribution in [0.3, 0.4) is 0 Å². The summed E-state index contributed by atoms with van der Waals surface area (Å²) in [6, 6.07) is 9.86. The number of nitrogens with one attached hydrogen (secondary N) is 1. The Hall–Kier alpha value is -3.15. The summed E-state index contributed by atoms with van der Waals surface area (Å²) >= 11 is 0. The van der Waals surface area contributed by atoms with Crippen LogP contribution in [0.4, 0.5) is 10.5 Å². The predicted molar refractivity (Wildman–Crippen MR) is 115 cm³/mol. The number of fused-ring (bicyclic) bond motifs is 1. The standard InChI is InChI=1S/C24H26N4O2/c29-23(13-17-1-2-17)27-11-8-19(9-12-27)18-3-5-22(6-4-18)26-24(30)28-15-20-7-10-25-14-21(20)16-28/h3-8,10,14,17H,1-2,9,11-13,15-16H2,(H,26,30). The van der Waals surface area contributed by atoms with Crippen molar-refractivity contribution < 1.29 is 9.59 Å². The van der Waals surface area contributed by atoms with Crippen LogP contribution >= 0.6 is 0 Å². The summed E-state index contributed by atoms with van der Waals surface area (Å²) in [4.78, 5) is 32.8. The number of benzene rings is 1. The van der Waals surface area contributed by atoms with Gasteiger partial charge < -0.3 is 15.1 Å². The van der Waals surface area contributed by atoms with Gasteiger partial charge in [-0.05, 0) is 65.6 Å². The van der Waals surface area contributed by atoms with Gasteiger partial charge in [-0.1, -0.05) is 18.2 Å². The monoisotopic (exact) mass is 402 g/mol. The van der Waals surface area contributed by atoms with E-state index in [4.69, 9.17) is 0 Å². The molecule has 0 atom stereocenters. The Kier molecular flexibility index (Phi) is 4.99. The van der Waals surface area contributed by atoms with Crippen molar-refractivity contribution >= 4 is 23.2 Å². The SMILES string of the molecule is O=C(CC1CC1)N1CC=C(c2ccc(NC(=O)N3Cc4ccncc4C3)cc2)CC1. The zero-order chi connectivity index (χ0) is 20.5. The number of carbonyl (C=O) groups excluding carboxylic acids is 2. The topological polar surface area (TPSA) is 65.5 Å². The molecule has 1 aromatic carbocycles. The second-order valence-electron chi connectivity index (χ2n) is 8.47. The van der Waals surface area contributed by atoms with E-state index in [0.717, 1.165) is 41.8 Å². The first-order valence-corrected chi connectivity index (χ1v) is 10.7. The number of urea groups is 1. The molecular weight excluding hydrogens is 376 g/mol. The van der Waals surface area contributed by atoms with Crippen molar-refractivity contribution in [2.45, 2.75) is 38.8 Å². The fraction of sp³-hybridized carbons (Fsp3) is 0.375. The number of pyridine rings is 1. The molecule has 0 radical (unpaired) electrons. The third-order valence-electron chi connectivity index (χ3n) is 6.24. The fourth-order valence-corrected chi connectivity index (χ4v) is 4.19. The minimum atomic E-state index is -0.0966. The lowest BCUT2D eigenvalue weighted by Crippen LogP contribution is -2.34. The van der Waals surface area contributed by atoms with Crippen LogP contribution in [0.1, 0.15) is 42.4 Å². The van der Waals surface area contributed by atoms with Gasteiger partial charge in [0.25, 0.3) is 0 Å². The molecular formula is C24H26N4O2. The first kappa shape index (κ1) is 18.9. The fourth-order valence-electron chi connectivity index (χ4n) is 4.19. The van der Waals surface area contributed by atoms with Crippen LogP contribution in [0.25, 0.3) is 5.57 Å². The molecule has 3 amide bonds. The third-order valence-corrected chi connectivity index (χ3v) is 6.24. The van der Waals surface area contributed by atoms with Crippen LogP contribution in [0.2, 0.25) is 0 Å². The van der Waals surface area contributed by atoms with Crippen molar-refractivity contribution in [2.24, 2.45) is 5.92 Å². The van der Waals surface area contributed by atoms with Gasteiger partial charge in [-0.25, -0.2) is 4.79 Å². The van der Waals surface area contributed by atoms with Gasteiger partial charge >= 0.3 is 6.03 Å². The molecule has 1 aliphatic carbocycles. The zero-order valence-electron chi connectivity index (χ0n) is 17.0. The summed E-state index contributed by atoms with van der Waals surface area (Å²) in [6.07, 6.45) is 9.78. The molecule has 6 heteroatoms. The van der Waals surface area contributed by atoms with Gasteiger partial charge in [0, 0.05) is 50.7 Å². The molecule has 1 N–H and O–H groups in total. The Morgan fingerprint density at radius 3 is 2.53 bits per heavy atom.